The highest BCUT2D eigenvalue weighted by atomic mass is 32.2. The number of nitrogens with one attached hydrogen (secondary N) is 1. The van der Waals surface area contributed by atoms with Crippen LogP contribution in [0.25, 0.3) is 0 Å². The maximum Gasteiger partial charge on any atom is 0.273 e. The number of hydrogen-bond donors (Lipinski definition) is 1. The Balaban J connectivity index is 1.53. The van der Waals surface area contributed by atoms with Crippen LogP contribution < -0.4 is 5.32 Å². The Morgan fingerprint density at radius 3 is 2.62 bits per heavy atom. The third-order valence-electron chi connectivity index (χ3n) is 5.57. The maximum absolute atomic E-state index is 13.1. The summed E-state index contributed by atoms with van der Waals surface area (Å²) in [5.74, 6) is -0.770. The number of rotatable bonds is 5. The van der Waals surface area contributed by atoms with Gasteiger partial charge in [0.15, 0.2) is 0 Å². The van der Waals surface area contributed by atoms with Crippen molar-refractivity contribution in [3.05, 3.63) is 75.7 Å². The number of hydrogen-bond acceptors (Lipinski definition) is 7. The zero-order valence-electron chi connectivity index (χ0n) is 18.6. The van der Waals surface area contributed by atoms with Gasteiger partial charge in [-0.05, 0) is 61.1 Å². The van der Waals surface area contributed by atoms with Crippen LogP contribution in [0.15, 0.2) is 70.4 Å². The van der Waals surface area contributed by atoms with E-state index in [1.165, 1.54) is 23.5 Å². The Morgan fingerprint density at radius 1 is 1.21 bits per heavy atom. The van der Waals surface area contributed by atoms with Crippen LogP contribution >= 0.6 is 11.3 Å². The molecule has 0 bridgehead atoms. The third kappa shape index (κ3) is 4.87. The summed E-state index contributed by atoms with van der Waals surface area (Å²) in [6.07, 6.45) is 4.82. The number of ether oxygens (including phenoxy) is 1. The Hall–Kier alpha value is -3.50. The molecular formula is C24H23N3O5S2. The molecule has 0 spiro atoms. The van der Waals surface area contributed by atoms with Gasteiger partial charge in [0.05, 0.1) is 23.6 Å². The molecular weight excluding hydrogens is 474 g/mol. The first kappa shape index (κ1) is 23.7. The number of carbonyl (C=O) groups is 2. The zero-order valence-corrected chi connectivity index (χ0v) is 20.3. The second-order valence-corrected chi connectivity index (χ2v) is 9.64. The minimum absolute atomic E-state index is 0.126. The van der Waals surface area contributed by atoms with Crippen LogP contribution in [0.3, 0.4) is 0 Å². The van der Waals surface area contributed by atoms with Crippen molar-refractivity contribution in [1.29, 1.82) is 0 Å². The first-order valence-electron chi connectivity index (χ1n) is 10.6. The lowest BCUT2D eigenvalue weighted by molar-refractivity contribution is 0.0750. The highest BCUT2D eigenvalue weighted by molar-refractivity contribution is 7.73. The highest BCUT2D eigenvalue weighted by Gasteiger charge is 2.32. The molecule has 8 nitrogen and oxygen atoms in total. The van der Waals surface area contributed by atoms with Gasteiger partial charge in [-0.15, -0.1) is 11.3 Å². The van der Waals surface area contributed by atoms with Crippen molar-refractivity contribution in [3.8, 4) is 0 Å². The number of thiophene rings is 1. The molecule has 2 aromatic rings. The minimum Gasteiger partial charge on any atom is -0.495 e. The van der Waals surface area contributed by atoms with E-state index >= 15 is 0 Å². The molecule has 1 aromatic carbocycles. The number of hydrazone groups is 1. The molecule has 0 fully saturated rings. The summed E-state index contributed by atoms with van der Waals surface area (Å²) in [7, 11) is -1.06. The Labute approximate surface area is 202 Å². The normalized spacial score (nSPS) is 17.9. The molecule has 0 saturated carbocycles. The first-order chi connectivity index (χ1) is 16.4. The molecule has 1 aromatic heterocycles. The second kappa shape index (κ2) is 10.2. The van der Waals surface area contributed by atoms with E-state index in [0.29, 0.717) is 52.6 Å². The summed E-state index contributed by atoms with van der Waals surface area (Å²) in [6.45, 7) is 2.21. The predicted octanol–water partition coefficient (Wildman–Crippen LogP) is 3.75. The molecule has 1 aliphatic heterocycles. The second-order valence-electron chi connectivity index (χ2n) is 7.78. The fourth-order valence-corrected chi connectivity index (χ4v) is 5.35. The molecule has 0 saturated heterocycles. The van der Waals surface area contributed by atoms with Crippen LogP contribution in [-0.4, -0.2) is 49.5 Å². The van der Waals surface area contributed by atoms with E-state index in [2.05, 4.69) is 10.4 Å². The van der Waals surface area contributed by atoms with Gasteiger partial charge in [-0.25, -0.2) is 5.01 Å². The number of benzene rings is 1. The topological polar surface area (TPSA) is 105 Å². The van der Waals surface area contributed by atoms with Crippen molar-refractivity contribution in [1.82, 2.24) is 5.01 Å². The SMILES string of the molecule is COC1=C(C)C=CC(C2=NN(C(=O)c3ccc(NC(=O)c4cccs4)cc3)CCC2)C1=S(=O)=O. The number of methoxy groups -OCH3 is 1. The molecule has 2 amide bonds. The van der Waals surface area contributed by atoms with E-state index < -0.39 is 16.2 Å². The molecule has 176 valence electrons. The molecule has 4 rings (SSSR count). The molecule has 1 unspecified atom stereocenters. The summed E-state index contributed by atoms with van der Waals surface area (Å²) in [4.78, 5) is 26.0. The number of amides is 2. The number of allylic oxidation sites excluding steroid dienone is 4. The van der Waals surface area contributed by atoms with E-state index in [1.54, 1.807) is 49.4 Å². The van der Waals surface area contributed by atoms with Crippen molar-refractivity contribution in [3.63, 3.8) is 0 Å². The monoisotopic (exact) mass is 497 g/mol. The van der Waals surface area contributed by atoms with Gasteiger partial charge in [0.25, 0.3) is 11.8 Å². The van der Waals surface area contributed by atoms with Gasteiger partial charge < -0.3 is 10.1 Å². The highest BCUT2D eigenvalue weighted by Crippen LogP contribution is 2.26. The van der Waals surface area contributed by atoms with E-state index in [-0.39, 0.29) is 16.7 Å². The summed E-state index contributed by atoms with van der Waals surface area (Å²) in [5, 5.41) is 10.5. The van der Waals surface area contributed by atoms with Gasteiger partial charge in [-0.2, -0.15) is 13.5 Å². The van der Waals surface area contributed by atoms with Crippen LogP contribution in [0.5, 0.6) is 0 Å². The maximum atomic E-state index is 13.1. The average Bonchev–Trinajstić information content (AvgIpc) is 3.39. The van der Waals surface area contributed by atoms with Crippen LogP contribution in [0.2, 0.25) is 0 Å². The van der Waals surface area contributed by atoms with Gasteiger partial charge in [-0.3, -0.25) is 9.59 Å². The van der Waals surface area contributed by atoms with Crippen LogP contribution in [0, 0.1) is 5.92 Å². The number of carbonyl (C=O) groups excluding carboxylic acids is 2. The summed E-state index contributed by atoms with van der Waals surface area (Å²) >= 11 is 1.35. The minimum atomic E-state index is -2.50. The van der Waals surface area contributed by atoms with Crippen molar-refractivity contribution >= 4 is 49.7 Å². The number of anilines is 1. The lowest BCUT2D eigenvalue weighted by Gasteiger charge is -2.28. The van der Waals surface area contributed by atoms with Crippen molar-refractivity contribution < 1.29 is 22.7 Å². The standard InChI is InChI=1S/C24H23N3O5S2/c1-15-7-12-18(22(34(30)31)21(15)32-2)19-5-3-13-27(26-19)24(29)16-8-10-17(11-9-16)25-23(28)20-6-4-14-33-20/h4,6-12,14,18H,3,5,13H2,1-2H3,(H,25,28). The van der Waals surface area contributed by atoms with Crippen molar-refractivity contribution in [2.45, 2.75) is 19.8 Å². The fourth-order valence-electron chi connectivity index (χ4n) is 3.92. The van der Waals surface area contributed by atoms with E-state index in [4.69, 9.17) is 4.74 Å². The summed E-state index contributed by atoms with van der Waals surface area (Å²) < 4.78 is 29.3. The smallest absolute Gasteiger partial charge is 0.273 e. The third-order valence-corrected chi connectivity index (χ3v) is 7.23. The lowest BCUT2D eigenvalue weighted by atomic mass is 9.88. The predicted molar refractivity (Wildman–Crippen MR) is 133 cm³/mol. The van der Waals surface area contributed by atoms with Crippen molar-refractivity contribution in [2.75, 3.05) is 19.0 Å². The van der Waals surface area contributed by atoms with Gasteiger partial charge >= 0.3 is 0 Å². The molecule has 34 heavy (non-hydrogen) atoms. The molecule has 1 N–H and O–H groups in total. The lowest BCUT2D eigenvalue weighted by Crippen LogP contribution is -2.37. The molecule has 2 aliphatic rings. The summed E-state index contributed by atoms with van der Waals surface area (Å²) in [5.41, 5.74) is 2.31. The number of nitrogens with zero attached hydrogens (tertiary/aromatic N) is 2. The quantitative estimate of drug-likeness (QED) is 0.634. The van der Waals surface area contributed by atoms with Gasteiger partial charge in [0.2, 0.25) is 10.3 Å². The molecule has 1 atom stereocenters. The molecule has 1 aliphatic carbocycles. The van der Waals surface area contributed by atoms with E-state index in [1.807, 2.05) is 11.5 Å². The Morgan fingerprint density at radius 2 is 1.97 bits per heavy atom. The van der Waals surface area contributed by atoms with Gasteiger partial charge in [-0.1, -0.05) is 18.2 Å². The van der Waals surface area contributed by atoms with E-state index in [9.17, 15) is 18.0 Å². The van der Waals surface area contributed by atoms with Gasteiger partial charge in [0, 0.05) is 17.8 Å². The summed E-state index contributed by atoms with van der Waals surface area (Å²) in [6, 6.07) is 10.2. The Kier molecular flexibility index (Phi) is 7.09. The van der Waals surface area contributed by atoms with Crippen LogP contribution in [-0.2, 0) is 15.0 Å². The molecule has 10 heteroatoms. The molecule has 0 radical (unpaired) electrons. The first-order valence-corrected chi connectivity index (χ1v) is 12.6. The van der Waals surface area contributed by atoms with Crippen LogP contribution in [0.4, 0.5) is 5.69 Å². The van der Waals surface area contributed by atoms with Crippen LogP contribution in [0.1, 0.15) is 39.8 Å². The Bertz CT molecular complexity index is 1330. The average molecular weight is 498 g/mol. The van der Waals surface area contributed by atoms with Gasteiger partial charge in [0.1, 0.15) is 10.6 Å². The zero-order chi connectivity index (χ0) is 24.2. The fraction of sp³-hybridized carbons (Fsp3) is 0.250. The van der Waals surface area contributed by atoms with E-state index in [0.717, 1.165) is 0 Å². The molecule has 2 heterocycles. The largest absolute Gasteiger partial charge is 0.495 e. The van der Waals surface area contributed by atoms with Crippen molar-refractivity contribution in [2.24, 2.45) is 11.0 Å².